The molecule has 0 amide bonds. The lowest BCUT2D eigenvalue weighted by atomic mass is 10.1. The Hall–Kier alpha value is -2.74. The first-order chi connectivity index (χ1) is 11.9. The predicted molar refractivity (Wildman–Crippen MR) is 101 cm³/mol. The molecular formula is C22H23NO. The van der Waals surface area contributed by atoms with E-state index in [0.717, 1.165) is 30.8 Å². The molecule has 0 spiro atoms. The minimum absolute atomic E-state index is 0.699. The molecule has 0 aliphatic heterocycles. The fourth-order valence-electron chi connectivity index (χ4n) is 2.60. The second-order valence-electron chi connectivity index (χ2n) is 5.77. The van der Waals surface area contributed by atoms with Crippen LogP contribution in [0.2, 0.25) is 0 Å². The maximum absolute atomic E-state index is 5.81. The molecule has 3 aromatic carbocycles. The van der Waals surface area contributed by atoms with Crippen LogP contribution >= 0.6 is 0 Å². The summed E-state index contributed by atoms with van der Waals surface area (Å²) in [5, 5.41) is 3.45. The second kappa shape index (κ2) is 8.78. The van der Waals surface area contributed by atoms with Crippen LogP contribution in [0.1, 0.15) is 11.1 Å². The summed E-state index contributed by atoms with van der Waals surface area (Å²) < 4.78 is 5.81. The molecule has 3 rings (SSSR count). The number of rotatable bonds is 8. The van der Waals surface area contributed by atoms with Crippen LogP contribution in [0, 0.1) is 0 Å². The summed E-state index contributed by atoms with van der Waals surface area (Å²) in [6, 6.07) is 29.1. The Morgan fingerprint density at radius 2 is 1.21 bits per heavy atom. The molecule has 0 aliphatic rings. The lowest BCUT2D eigenvalue weighted by Crippen LogP contribution is -2.05. The first-order valence-corrected chi connectivity index (χ1v) is 8.45. The van der Waals surface area contributed by atoms with Crippen molar-refractivity contribution < 1.29 is 4.74 Å². The maximum Gasteiger partial charge on any atom is 0.119 e. The van der Waals surface area contributed by atoms with E-state index < -0.39 is 0 Å². The number of benzene rings is 3. The smallest absolute Gasteiger partial charge is 0.119 e. The Balaban J connectivity index is 1.40. The van der Waals surface area contributed by atoms with Crippen molar-refractivity contribution in [2.24, 2.45) is 0 Å². The van der Waals surface area contributed by atoms with Gasteiger partial charge < -0.3 is 10.1 Å². The number of nitrogens with one attached hydrogen (secondary N) is 1. The highest BCUT2D eigenvalue weighted by atomic mass is 16.5. The molecule has 2 heteroatoms. The summed E-state index contributed by atoms with van der Waals surface area (Å²) in [4.78, 5) is 0. The first kappa shape index (κ1) is 16.1. The highest BCUT2D eigenvalue weighted by molar-refractivity contribution is 5.46. The summed E-state index contributed by atoms with van der Waals surface area (Å²) >= 11 is 0. The van der Waals surface area contributed by atoms with E-state index >= 15 is 0 Å². The van der Waals surface area contributed by atoms with Crippen molar-refractivity contribution in [2.45, 2.75) is 12.8 Å². The normalized spacial score (nSPS) is 10.3. The van der Waals surface area contributed by atoms with Gasteiger partial charge in [-0.25, -0.2) is 0 Å². The number of hydrogen-bond donors (Lipinski definition) is 1. The molecule has 1 N–H and O–H groups in total. The quantitative estimate of drug-likeness (QED) is 0.634. The van der Waals surface area contributed by atoms with E-state index in [-0.39, 0.29) is 0 Å². The van der Waals surface area contributed by atoms with Gasteiger partial charge in [0.25, 0.3) is 0 Å². The van der Waals surface area contributed by atoms with Crippen molar-refractivity contribution in [2.75, 3.05) is 18.5 Å². The van der Waals surface area contributed by atoms with E-state index in [2.05, 4.69) is 66.0 Å². The SMILES string of the molecule is c1ccc(CCNc2ccc(OCCc3ccccc3)cc2)cc1. The number of ether oxygens (including phenoxy) is 1. The molecule has 0 bridgehead atoms. The van der Waals surface area contributed by atoms with E-state index in [0.29, 0.717) is 6.61 Å². The van der Waals surface area contributed by atoms with Gasteiger partial charge in [-0.1, -0.05) is 60.7 Å². The van der Waals surface area contributed by atoms with E-state index in [1.165, 1.54) is 11.1 Å². The third-order valence-electron chi connectivity index (χ3n) is 3.94. The molecule has 0 aromatic heterocycles. The molecule has 0 aliphatic carbocycles. The second-order valence-corrected chi connectivity index (χ2v) is 5.77. The van der Waals surface area contributed by atoms with Crippen molar-refractivity contribution in [1.29, 1.82) is 0 Å². The molecule has 0 saturated heterocycles. The van der Waals surface area contributed by atoms with Gasteiger partial charge in [0, 0.05) is 18.7 Å². The molecule has 0 heterocycles. The molecule has 3 aromatic rings. The Kier molecular flexibility index (Phi) is 5.90. The molecule has 0 unspecified atom stereocenters. The fraction of sp³-hybridized carbons (Fsp3) is 0.182. The zero-order valence-corrected chi connectivity index (χ0v) is 13.8. The summed E-state index contributed by atoms with van der Waals surface area (Å²) in [5.74, 6) is 0.916. The minimum Gasteiger partial charge on any atom is -0.493 e. The van der Waals surface area contributed by atoms with Gasteiger partial charge in [0.1, 0.15) is 5.75 Å². The summed E-state index contributed by atoms with van der Waals surface area (Å²) in [7, 11) is 0. The first-order valence-electron chi connectivity index (χ1n) is 8.45. The average Bonchev–Trinajstić information content (AvgIpc) is 2.65. The Morgan fingerprint density at radius 3 is 1.83 bits per heavy atom. The summed E-state index contributed by atoms with van der Waals surface area (Å²) in [6.45, 7) is 1.63. The fourth-order valence-corrected chi connectivity index (χ4v) is 2.60. The third-order valence-corrected chi connectivity index (χ3v) is 3.94. The molecule has 24 heavy (non-hydrogen) atoms. The molecule has 0 fully saturated rings. The van der Waals surface area contributed by atoms with Gasteiger partial charge in [0.15, 0.2) is 0 Å². The van der Waals surface area contributed by atoms with E-state index in [1.807, 2.05) is 24.3 Å². The van der Waals surface area contributed by atoms with Crippen LogP contribution in [-0.4, -0.2) is 13.2 Å². The van der Waals surface area contributed by atoms with Crippen LogP contribution in [0.15, 0.2) is 84.9 Å². The van der Waals surface area contributed by atoms with Crippen LogP contribution in [0.5, 0.6) is 5.75 Å². The zero-order valence-electron chi connectivity index (χ0n) is 13.8. The molecule has 0 radical (unpaired) electrons. The van der Waals surface area contributed by atoms with Crippen LogP contribution in [-0.2, 0) is 12.8 Å². The number of anilines is 1. The van der Waals surface area contributed by atoms with Crippen molar-refractivity contribution in [1.82, 2.24) is 0 Å². The number of hydrogen-bond acceptors (Lipinski definition) is 2. The Labute approximate surface area is 144 Å². The topological polar surface area (TPSA) is 21.3 Å². The van der Waals surface area contributed by atoms with Crippen LogP contribution in [0.25, 0.3) is 0 Å². The standard InChI is InChI=1S/C22H23NO/c1-3-7-19(8-4-1)15-17-23-21-11-13-22(14-12-21)24-18-16-20-9-5-2-6-10-20/h1-14,23H,15-18H2. The van der Waals surface area contributed by atoms with Gasteiger partial charge in [0.05, 0.1) is 6.61 Å². The lowest BCUT2D eigenvalue weighted by Gasteiger charge is -2.09. The van der Waals surface area contributed by atoms with Crippen molar-refractivity contribution >= 4 is 5.69 Å². The highest BCUT2D eigenvalue weighted by Crippen LogP contribution is 2.16. The Bertz CT molecular complexity index is 643. The van der Waals surface area contributed by atoms with Gasteiger partial charge in [-0.15, -0.1) is 0 Å². The van der Waals surface area contributed by atoms with E-state index in [4.69, 9.17) is 4.74 Å². The largest absolute Gasteiger partial charge is 0.493 e. The molecular weight excluding hydrogens is 294 g/mol. The van der Waals surface area contributed by atoms with E-state index in [9.17, 15) is 0 Å². The van der Waals surface area contributed by atoms with Gasteiger partial charge in [-0.3, -0.25) is 0 Å². The monoisotopic (exact) mass is 317 g/mol. The lowest BCUT2D eigenvalue weighted by molar-refractivity contribution is 0.322. The molecule has 2 nitrogen and oxygen atoms in total. The summed E-state index contributed by atoms with van der Waals surface area (Å²) in [6.07, 6.45) is 1.95. The van der Waals surface area contributed by atoms with Crippen LogP contribution in [0.3, 0.4) is 0 Å². The minimum atomic E-state index is 0.699. The highest BCUT2D eigenvalue weighted by Gasteiger charge is 1.97. The van der Waals surface area contributed by atoms with Crippen LogP contribution < -0.4 is 10.1 Å². The van der Waals surface area contributed by atoms with Gasteiger partial charge >= 0.3 is 0 Å². The molecule has 0 atom stereocenters. The van der Waals surface area contributed by atoms with Crippen LogP contribution in [0.4, 0.5) is 5.69 Å². The van der Waals surface area contributed by atoms with Crippen molar-refractivity contribution in [3.05, 3.63) is 96.1 Å². The zero-order chi connectivity index (χ0) is 16.5. The van der Waals surface area contributed by atoms with Gasteiger partial charge in [-0.05, 0) is 41.8 Å². The van der Waals surface area contributed by atoms with Gasteiger partial charge in [0.2, 0.25) is 0 Å². The molecule has 122 valence electrons. The Morgan fingerprint density at radius 1 is 0.625 bits per heavy atom. The molecule has 0 saturated carbocycles. The van der Waals surface area contributed by atoms with Crippen molar-refractivity contribution in [3.8, 4) is 5.75 Å². The van der Waals surface area contributed by atoms with E-state index in [1.54, 1.807) is 0 Å². The third kappa shape index (κ3) is 5.17. The maximum atomic E-state index is 5.81. The van der Waals surface area contributed by atoms with Crippen molar-refractivity contribution in [3.63, 3.8) is 0 Å². The summed E-state index contributed by atoms with van der Waals surface area (Å²) in [5.41, 5.74) is 3.78. The van der Waals surface area contributed by atoms with Gasteiger partial charge in [-0.2, -0.15) is 0 Å². The predicted octanol–water partition coefficient (Wildman–Crippen LogP) is 4.96. The average molecular weight is 317 g/mol.